The molecule has 0 aliphatic carbocycles. The summed E-state index contributed by atoms with van der Waals surface area (Å²) < 4.78 is 24.6. The number of anilines is 1. The maximum Gasteiger partial charge on any atom is 0.410 e. The van der Waals surface area contributed by atoms with Crippen LogP contribution in [0.25, 0.3) is 22.6 Å². The fourth-order valence-electron chi connectivity index (χ4n) is 2.35. The number of nitrogens with two attached hydrogens (primary N) is 2. The van der Waals surface area contributed by atoms with E-state index in [0.29, 0.717) is 11.4 Å². The fraction of sp³-hybridized carbons (Fsp3) is 0.0625. The molecule has 0 radical (unpaired) electrons. The number of hydrogen-bond acceptors (Lipinski definition) is 6. The third-order valence-corrected chi connectivity index (χ3v) is 3.39. The van der Waals surface area contributed by atoms with E-state index in [4.69, 9.17) is 20.9 Å². The molecule has 0 fully saturated rings. The van der Waals surface area contributed by atoms with Gasteiger partial charge in [0.15, 0.2) is 17.3 Å². The molecule has 0 bridgehead atoms. The number of halogens is 1. The van der Waals surface area contributed by atoms with Gasteiger partial charge >= 0.3 is 6.09 Å². The van der Waals surface area contributed by atoms with E-state index in [2.05, 4.69) is 15.0 Å². The minimum atomic E-state index is -1.03. The number of nitrogen functional groups attached to an aromatic ring is 1. The fourth-order valence-corrected chi connectivity index (χ4v) is 2.35. The van der Waals surface area contributed by atoms with Crippen molar-refractivity contribution in [1.82, 2.24) is 15.0 Å². The van der Waals surface area contributed by atoms with Gasteiger partial charge in [-0.2, -0.15) is 0 Å². The summed E-state index contributed by atoms with van der Waals surface area (Å²) in [7, 11) is 1.35. The average Bonchev–Trinajstić information content (AvgIpc) is 2.98. The molecule has 25 heavy (non-hydrogen) atoms. The Kier molecular flexibility index (Phi) is 4.21. The van der Waals surface area contributed by atoms with E-state index in [0.717, 1.165) is 0 Å². The van der Waals surface area contributed by atoms with Crippen LogP contribution in [0.3, 0.4) is 0 Å². The zero-order valence-corrected chi connectivity index (χ0v) is 13.1. The second-order valence-corrected chi connectivity index (χ2v) is 4.97. The van der Waals surface area contributed by atoms with Crippen LogP contribution < -0.4 is 20.9 Å². The molecule has 1 aromatic carbocycles. The van der Waals surface area contributed by atoms with Gasteiger partial charge in [0.25, 0.3) is 0 Å². The third kappa shape index (κ3) is 3.20. The van der Waals surface area contributed by atoms with Crippen LogP contribution in [0.2, 0.25) is 0 Å². The molecule has 2 heterocycles. The first-order valence-electron chi connectivity index (χ1n) is 7.11. The maximum absolute atomic E-state index is 14.6. The number of nitrogens with one attached hydrogen (secondary N) is 1. The Balaban J connectivity index is 2.17. The van der Waals surface area contributed by atoms with Gasteiger partial charge in [0.05, 0.1) is 24.2 Å². The van der Waals surface area contributed by atoms with Crippen molar-refractivity contribution in [3.8, 4) is 34.1 Å². The normalized spacial score (nSPS) is 10.5. The molecule has 5 N–H and O–H groups in total. The first kappa shape index (κ1) is 16.2. The summed E-state index contributed by atoms with van der Waals surface area (Å²) in [6, 6.07) is 7.66. The molecular weight excluding hydrogens is 329 g/mol. The van der Waals surface area contributed by atoms with Crippen molar-refractivity contribution in [2.24, 2.45) is 5.73 Å². The Morgan fingerprint density at radius 3 is 2.76 bits per heavy atom. The number of aromatic amines is 1. The molecule has 0 aliphatic heterocycles. The molecule has 3 aromatic rings. The molecule has 128 valence electrons. The van der Waals surface area contributed by atoms with E-state index >= 15 is 0 Å². The molecule has 3 rings (SSSR count). The van der Waals surface area contributed by atoms with Gasteiger partial charge in [-0.25, -0.2) is 19.2 Å². The molecule has 0 atom stereocenters. The molecule has 0 aliphatic rings. The Hall–Kier alpha value is -3.62. The SMILES string of the molecule is COc1cccc(-c2[nH]c(-c3ccnc(N)n3)cc2OC(N)=O)c1F. The van der Waals surface area contributed by atoms with Crippen LogP contribution in [0, 0.1) is 5.82 Å². The smallest absolute Gasteiger partial charge is 0.410 e. The summed E-state index contributed by atoms with van der Waals surface area (Å²) in [6.45, 7) is 0. The Morgan fingerprint density at radius 1 is 1.28 bits per heavy atom. The van der Waals surface area contributed by atoms with Gasteiger partial charge in [-0.15, -0.1) is 0 Å². The van der Waals surface area contributed by atoms with Crippen molar-refractivity contribution in [1.29, 1.82) is 0 Å². The van der Waals surface area contributed by atoms with E-state index in [1.54, 1.807) is 12.1 Å². The number of carbonyl (C=O) groups excluding carboxylic acids is 1. The highest BCUT2D eigenvalue weighted by atomic mass is 19.1. The number of H-pyrrole nitrogens is 1. The molecule has 0 saturated carbocycles. The van der Waals surface area contributed by atoms with Crippen LogP contribution in [-0.2, 0) is 0 Å². The minimum Gasteiger partial charge on any atom is -0.494 e. The van der Waals surface area contributed by atoms with Crippen molar-refractivity contribution < 1.29 is 18.7 Å². The van der Waals surface area contributed by atoms with Gasteiger partial charge < -0.3 is 25.9 Å². The number of benzene rings is 1. The molecule has 9 heteroatoms. The van der Waals surface area contributed by atoms with Crippen molar-refractivity contribution in [2.75, 3.05) is 12.8 Å². The minimum absolute atomic E-state index is 0.0463. The second-order valence-electron chi connectivity index (χ2n) is 4.97. The van der Waals surface area contributed by atoms with Crippen LogP contribution in [0.4, 0.5) is 15.1 Å². The molecule has 0 spiro atoms. The van der Waals surface area contributed by atoms with Gasteiger partial charge in [0.1, 0.15) is 0 Å². The predicted octanol–water partition coefficient (Wildman–Crippen LogP) is 2.33. The molecule has 0 saturated heterocycles. The topological polar surface area (TPSA) is 129 Å². The molecule has 1 amide bonds. The zero-order valence-electron chi connectivity index (χ0n) is 13.1. The summed E-state index contributed by atoms with van der Waals surface area (Å²) in [5.74, 6) is -0.453. The first-order valence-corrected chi connectivity index (χ1v) is 7.11. The van der Waals surface area contributed by atoms with Gasteiger partial charge in [-0.1, -0.05) is 6.07 Å². The number of ether oxygens (including phenoxy) is 2. The lowest BCUT2D eigenvalue weighted by molar-refractivity contribution is 0.211. The van der Waals surface area contributed by atoms with Gasteiger partial charge in [0.2, 0.25) is 5.95 Å². The Bertz CT molecular complexity index is 941. The van der Waals surface area contributed by atoms with Crippen LogP contribution in [0.15, 0.2) is 36.5 Å². The Morgan fingerprint density at radius 2 is 2.08 bits per heavy atom. The number of hydrogen-bond donors (Lipinski definition) is 3. The van der Waals surface area contributed by atoms with E-state index in [1.165, 1.54) is 31.5 Å². The first-order chi connectivity index (χ1) is 12.0. The Labute approximate surface area is 141 Å². The monoisotopic (exact) mass is 343 g/mol. The molecular formula is C16H14FN5O3. The zero-order chi connectivity index (χ0) is 18.0. The van der Waals surface area contributed by atoms with Crippen LogP contribution in [0.5, 0.6) is 11.5 Å². The van der Waals surface area contributed by atoms with Gasteiger partial charge in [-0.05, 0) is 18.2 Å². The highest BCUT2D eigenvalue weighted by Crippen LogP contribution is 2.37. The summed E-state index contributed by atoms with van der Waals surface area (Å²) in [4.78, 5) is 22.0. The van der Waals surface area contributed by atoms with Gasteiger partial charge in [0, 0.05) is 17.8 Å². The van der Waals surface area contributed by atoms with Crippen molar-refractivity contribution in [2.45, 2.75) is 0 Å². The van der Waals surface area contributed by atoms with Crippen LogP contribution in [0.1, 0.15) is 0 Å². The highest BCUT2D eigenvalue weighted by Gasteiger charge is 2.20. The van der Waals surface area contributed by atoms with Crippen molar-refractivity contribution >= 4 is 12.0 Å². The summed E-state index contributed by atoms with van der Waals surface area (Å²) in [6.07, 6.45) is 0.441. The number of primary amides is 1. The standard InChI is InChI=1S/C16H14FN5O3/c1-24-11-4-2-3-8(13(11)17)14-12(25-16(19)23)7-10(21-14)9-5-6-20-15(18)22-9/h2-7,21H,1H3,(H2,19,23)(H2,18,20,22). The van der Waals surface area contributed by atoms with E-state index < -0.39 is 11.9 Å². The third-order valence-electron chi connectivity index (χ3n) is 3.39. The summed E-state index contributed by atoms with van der Waals surface area (Å²) >= 11 is 0. The second kappa shape index (κ2) is 6.48. The highest BCUT2D eigenvalue weighted by molar-refractivity contribution is 5.79. The number of aromatic nitrogens is 3. The number of nitrogens with zero attached hydrogens (tertiary/aromatic N) is 2. The molecule has 2 aromatic heterocycles. The molecule has 0 unspecified atom stereocenters. The lowest BCUT2D eigenvalue weighted by atomic mass is 10.1. The van der Waals surface area contributed by atoms with Gasteiger partial charge in [-0.3, -0.25) is 0 Å². The number of methoxy groups -OCH3 is 1. The van der Waals surface area contributed by atoms with E-state index in [1.807, 2.05) is 0 Å². The average molecular weight is 343 g/mol. The lowest BCUT2D eigenvalue weighted by Gasteiger charge is -2.08. The van der Waals surface area contributed by atoms with Crippen molar-refractivity contribution in [3.05, 3.63) is 42.3 Å². The van der Waals surface area contributed by atoms with E-state index in [9.17, 15) is 9.18 Å². The number of amides is 1. The largest absolute Gasteiger partial charge is 0.494 e. The lowest BCUT2D eigenvalue weighted by Crippen LogP contribution is -2.16. The van der Waals surface area contributed by atoms with E-state index in [-0.39, 0.29) is 28.7 Å². The number of carbonyl (C=O) groups is 1. The van der Waals surface area contributed by atoms with Crippen LogP contribution in [-0.4, -0.2) is 28.2 Å². The quantitative estimate of drug-likeness (QED) is 0.667. The summed E-state index contributed by atoms with van der Waals surface area (Å²) in [5, 5.41) is 0. The van der Waals surface area contributed by atoms with Crippen molar-refractivity contribution in [3.63, 3.8) is 0 Å². The summed E-state index contributed by atoms with van der Waals surface area (Å²) in [5.41, 5.74) is 11.9. The van der Waals surface area contributed by atoms with Crippen LogP contribution >= 0.6 is 0 Å². The number of rotatable bonds is 4. The predicted molar refractivity (Wildman–Crippen MR) is 88.4 cm³/mol. The maximum atomic E-state index is 14.6. The molecule has 8 nitrogen and oxygen atoms in total.